The molecule has 10 heteroatoms. The number of carbonyl (C=O) groups excluding carboxylic acids is 3. The molecule has 0 amide bonds. The second kappa shape index (κ2) is 7.82. The van der Waals surface area contributed by atoms with E-state index in [4.69, 9.17) is 23.4 Å². The average molecular weight is 533 g/mol. The third-order valence-corrected chi connectivity index (χ3v) is 10.9. The third kappa shape index (κ3) is 2.97. The maximum Gasteiger partial charge on any atom is 0.339 e. The van der Waals surface area contributed by atoms with Gasteiger partial charge in [-0.3, -0.25) is 9.59 Å². The molecule has 38 heavy (non-hydrogen) atoms. The summed E-state index contributed by atoms with van der Waals surface area (Å²) in [6.45, 7) is 8.54. The predicted molar refractivity (Wildman–Crippen MR) is 128 cm³/mol. The molecule has 0 bridgehead atoms. The van der Waals surface area contributed by atoms with Crippen molar-refractivity contribution in [2.24, 2.45) is 28.1 Å². The summed E-state index contributed by atoms with van der Waals surface area (Å²) in [5.74, 6) is -2.50. The van der Waals surface area contributed by atoms with Crippen LogP contribution in [-0.2, 0) is 33.3 Å². The molecule has 208 valence electrons. The van der Waals surface area contributed by atoms with Crippen LogP contribution in [0, 0.1) is 28.1 Å². The number of aliphatic hydroxyl groups excluding tert-OH is 1. The van der Waals surface area contributed by atoms with Crippen molar-refractivity contribution in [3.8, 4) is 0 Å². The zero-order valence-electron chi connectivity index (χ0n) is 22.4. The molecule has 5 fully saturated rings. The highest BCUT2D eigenvalue weighted by atomic mass is 16.7. The lowest BCUT2D eigenvalue weighted by Crippen LogP contribution is -2.76. The molecule has 4 heterocycles. The van der Waals surface area contributed by atoms with Crippen LogP contribution in [0.25, 0.3) is 0 Å². The van der Waals surface area contributed by atoms with E-state index in [1.165, 1.54) is 13.2 Å². The molecule has 1 aromatic rings. The molecule has 2 aliphatic carbocycles. The van der Waals surface area contributed by atoms with Gasteiger partial charge < -0.3 is 33.6 Å². The highest BCUT2D eigenvalue weighted by Crippen LogP contribution is 2.79. The lowest BCUT2D eigenvalue weighted by atomic mass is 9.36. The molecule has 0 unspecified atom stereocenters. The van der Waals surface area contributed by atoms with Crippen LogP contribution in [-0.4, -0.2) is 64.2 Å². The minimum atomic E-state index is -1.29. The molecule has 10 nitrogen and oxygen atoms in total. The second-order valence-electron chi connectivity index (χ2n) is 12.9. The van der Waals surface area contributed by atoms with E-state index in [1.807, 2.05) is 13.8 Å². The van der Waals surface area contributed by atoms with Gasteiger partial charge in [0.25, 0.3) is 0 Å². The van der Waals surface area contributed by atoms with Crippen LogP contribution in [0.3, 0.4) is 0 Å². The first-order chi connectivity index (χ1) is 17.7. The number of ether oxygens (including phenoxy) is 4. The number of hydrogen-bond acceptors (Lipinski definition) is 10. The Balaban J connectivity index is 1.54. The lowest BCUT2D eigenvalue weighted by Gasteiger charge is -2.69. The van der Waals surface area contributed by atoms with Gasteiger partial charge in [0.2, 0.25) is 0 Å². The monoisotopic (exact) mass is 532 g/mol. The predicted octanol–water partition coefficient (Wildman–Crippen LogP) is 2.45. The van der Waals surface area contributed by atoms with Crippen molar-refractivity contribution in [3.63, 3.8) is 0 Å². The fourth-order valence-corrected chi connectivity index (χ4v) is 9.39. The Morgan fingerprint density at radius 2 is 1.95 bits per heavy atom. The van der Waals surface area contributed by atoms with Crippen LogP contribution in [0.1, 0.15) is 72.0 Å². The zero-order chi connectivity index (χ0) is 27.5. The topological polar surface area (TPSA) is 145 Å². The van der Waals surface area contributed by atoms with E-state index in [2.05, 4.69) is 0 Å². The van der Waals surface area contributed by atoms with E-state index < -0.39 is 81.6 Å². The number of aliphatic hydroxyl groups is 2. The molecule has 0 aromatic carbocycles. The number of carbonyl (C=O) groups is 3. The molecule has 2 saturated carbocycles. The van der Waals surface area contributed by atoms with E-state index in [0.29, 0.717) is 12.8 Å². The number of furan rings is 1. The maximum atomic E-state index is 13.3. The van der Waals surface area contributed by atoms with Crippen LogP contribution in [0.4, 0.5) is 0 Å². The van der Waals surface area contributed by atoms with Crippen molar-refractivity contribution in [1.29, 1.82) is 0 Å². The standard InChI is InChI=1S/C28H36O10/c1-14(29)36-19-11-20(31)35-13-27(19)16-6-8-25(4)21(15-7-9-34-12-15)37-23(32)22-28(25,38-22)26(16,5)18(30)10-17(27)24(2,3)33/h7,9,12,16-19,21-22,30,33H,6,8,10-11,13H2,1-5H3/t16-,17+,18-,19+,21+,22-,25+,26-,27-,28-/m1/s1. The lowest BCUT2D eigenvalue weighted by molar-refractivity contribution is -0.298. The van der Waals surface area contributed by atoms with Crippen molar-refractivity contribution in [1.82, 2.24) is 0 Å². The van der Waals surface area contributed by atoms with Crippen LogP contribution < -0.4 is 0 Å². The van der Waals surface area contributed by atoms with Crippen LogP contribution in [0.2, 0.25) is 0 Å². The fraction of sp³-hybridized carbons (Fsp3) is 0.750. The van der Waals surface area contributed by atoms with Gasteiger partial charge in [0.15, 0.2) is 6.10 Å². The first-order valence-corrected chi connectivity index (χ1v) is 13.4. The van der Waals surface area contributed by atoms with Crippen molar-refractivity contribution in [2.45, 2.75) is 95.9 Å². The zero-order valence-corrected chi connectivity index (χ0v) is 22.4. The number of epoxide rings is 1. The number of cyclic esters (lactones) is 2. The van der Waals surface area contributed by atoms with Crippen molar-refractivity contribution >= 4 is 17.9 Å². The summed E-state index contributed by atoms with van der Waals surface area (Å²) < 4.78 is 29.2. The Bertz CT molecular complexity index is 1170. The van der Waals surface area contributed by atoms with Crippen molar-refractivity contribution < 1.29 is 48.0 Å². The molecule has 5 aliphatic rings. The summed E-state index contributed by atoms with van der Waals surface area (Å²) in [6.07, 6.45) is 0.837. The van der Waals surface area contributed by atoms with E-state index in [9.17, 15) is 24.6 Å². The summed E-state index contributed by atoms with van der Waals surface area (Å²) in [4.78, 5) is 38.0. The fourth-order valence-electron chi connectivity index (χ4n) is 9.39. The van der Waals surface area contributed by atoms with Gasteiger partial charge in [0.1, 0.15) is 24.4 Å². The summed E-state index contributed by atoms with van der Waals surface area (Å²) in [5, 5.41) is 23.4. The normalized spacial score (nSPS) is 47.8. The van der Waals surface area contributed by atoms with Crippen LogP contribution in [0.5, 0.6) is 0 Å². The molecule has 0 radical (unpaired) electrons. The molecule has 2 spiro atoms. The molecule has 1 aromatic heterocycles. The first-order valence-electron chi connectivity index (χ1n) is 13.4. The highest BCUT2D eigenvalue weighted by molar-refractivity contribution is 5.82. The Morgan fingerprint density at radius 3 is 2.58 bits per heavy atom. The van der Waals surface area contributed by atoms with E-state index >= 15 is 0 Å². The second-order valence-corrected chi connectivity index (χ2v) is 12.9. The molecule has 3 saturated heterocycles. The smallest absolute Gasteiger partial charge is 0.339 e. The summed E-state index contributed by atoms with van der Waals surface area (Å²) in [7, 11) is 0. The van der Waals surface area contributed by atoms with Gasteiger partial charge in [-0.15, -0.1) is 0 Å². The summed E-state index contributed by atoms with van der Waals surface area (Å²) >= 11 is 0. The Kier molecular flexibility index (Phi) is 5.32. The highest BCUT2D eigenvalue weighted by Gasteiger charge is 2.88. The van der Waals surface area contributed by atoms with Crippen LogP contribution in [0.15, 0.2) is 23.0 Å². The van der Waals surface area contributed by atoms with Gasteiger partial charge in [0, 0.05) is 29.2 Å². The number of esters is 3. The SMILES string of the molecule is CC(=O)O[C@H]1CC(=O)OC[C@@]12[C@H](C(C)(C)O)C[C@@H](O)[C@@]1(C)[C@H]2CC[C@@]2(C)[C@H](c3ccoc3)OC(=O)[C@H]3O[C@@]312. The van der Waals surface area contributed by atoms with E-state index in [1.54, 1.807) is 26.2 Å². The van der Waals surface area contributed by atoms with Gasteiger partial charge in [0.05, 0.1) is 36.1 Å². The first kappa shape index (κ1) is 25.8. The quantitative estimate of drug-likeness (QED) is 0.338. The van der Waals surface area contributed by atoms with E-state index in [0.717, 1.165) is 5.56 Å². The van der Waals surface area contributed by atoms with Crippen molar-refractivity contribution in [3.05, 3.63) is 24.2 Å². The minimum Gasteiger partial charge on any atom is -0.472 e. The van der Waals surface area contributed by atoms with Gasteiger partial charge >= 0.3 is 17.9 Å². The third-order valence-electron chi connectivity index (χ3n) is 10.9. The minimum absolute atomic E-state index is 0.0710. The number of fused-ring (bicyclic) bond motifs is 2. The molecular formula is C28H36O10. The molecule has 2 N–H and O–H groups in total. The number of hydrogen-bond donors (Lipinski definition) is 2. The molecule has 3 aliphatic heterocycles. The van der Waals surface area contributed by atoms with Crippen LogP contribution >= 0.6 is 0 Å². The van der Waals surface area contributed by atoms with Crippen molar-refractivity contribution in [2.75, 3.05) is 6.61 Å². The summed E-state index contributed by atoms with van der Waals surface area (Å²) in [6, 6.07) is 1.77. The molecular weight excluding hydrogens is 496 g/mol. The Morgan fingerprint density at radius 1 is 1.21 bits per heavy atom. The van der Waals surface area contributed by atoms with Gasteiger partial charge in [-0.25, -0.2) is 4.79 Å². The Hall–Kier alpha value is -2.43. The van der Waals surface area contributed by atoms with Gasteiger partial charge in [-0.05, 0) is 45.1 Å². The van der Waals surface area contributed by atoms with E-state index in [-0.39, 0.29) is 19.4 Å². The molecule has 10 atom stereocenters. The maximum absolute atomic E-state index is 13.3. The largest absolute Gasteiger partial charge is 0.472 e. The number of rotatable bonds is 3. The van der Waals surface area contributed by atoms with Gasteiger partial charge in [-0.1, -0.05) is 13.8 Å². The summed E-state index contributed by atoms with van der Waals surface area (Å²) in [5.41, 5.74) is -4.39. The Labute approximate surface area is 220 Å². The van der Waals surface area contributed by atoms with Gasteiger partial charge in [-0.2, -0.15) is 0 Å². The molecule has 6 rings (SSSR count). The average Bonchev–Trinajstić information content (AvgIpc) is 3.39.